The van der Waals surface area contributed by atoms with Crippen LogP contribution in [-0.2, 0) is 13.7 Å². The third kappa shape index (κ3) is 4.98. The monoisotopic (exact) mass is 395 g/mol. The van der Waals surface area contributed by atoms with E-state index >= 15 is 0 Å². The topological polar surface area (TPSA) is 100 Å². The molecule has 8 nitrogen and oxygen atoms in total. The van der Waals surface area contributed by atoms with Gasteiger partial charge in [-0.15, -0.1) is 0 Å². The number of hydrogen-bond acceptors (Lipinski definition) is 6. The third-order valence-electron chi connectivity index (χ3n) is 4.25. The van der Waals surface area contributed by atoms with Crippen LogP contribution in [0.5, 0.6) is 5.75 Å². The summed E-state index contributed by atoms with van der Waals surface area (Å²) in [6.45, 7) is 4.50. The number of furan rings is 1. The SMILES string of the molecule is CC(C)c1ccc(OCc2ccc(/C=C/C(=O)c3nn(C)cc3[N+](=O)[O-])o2)cc1. The standard InChI is InChI=1S/C21H21N3O5/c1-14(2)15-4-6-16(7-5-15)28-13-18-9-8-17(29-18)10-11-20(25)21-19(24(26)27)12-23(3)22-21/h4-12,14H,13H2,1-3H3/b11-10+. The van der Waals surface area contributed by atoms with Gasteiger partial charge in [-0.2, -0.15) is 5.10 Å². The highest BCUT2D eigenvalue weighted by Crippen LogP contribution is 2.21. The molecule has 1 aromatic carbocycles. The van der Waals surface area contributed by atoms with Gasteiger partial charge in [0.25, 0.3) is 0 Å². The average Bonchev–Trinajstić information content (AvgIpc) is 3.31. The molecule has 2 heterocycles. The molecule has 0 radical (unpaired) electrons. The molecule has 0 bridgehead atoms. The van der Waals surface area contributed by atoms with Gasteiger partial charge in [0.15, 0.2) is 0 Å². The van der Waals surface area contributed by atoms with Crippen LogP contribution < -0.4 is 4.74 Å². The van der Waals surface area contributed by atoms with Crippen LogP contribution in [0.1, 0.15) is 47.3 Å². The number of rotatable bonds is 8. The molecule has 0 atom stereocenters. The van der Waals surface area contributed by atoms with Crippen LogP contribution in [0.15, 0.2) is 53.1 Å². The van der Waals surface area contributed by atoms with E-state index in [4.69, 9.17) is 9.15 Å². The van der Waals surface area contributed by atoms with E-state index in [0.29, 0.717) is 17.4 Å². The Labute approximate surface area is 167 Å². The maximum Gasteiger partial charge on any atom is 0.318 e. The first-order valence-corrected chi connectivity index (χ1v) is 9.05. The minimum atomic E-state index is -0.635. The zero-order chi connectivity index (χ0) is 21.0. The van der Waals surface area contributed by atoms with Crippen molar-refractivity contribution in [3.8, 4) is 5.75 Å². The van der Waals surface area contributed by atoms with Crippen LogP contribution in [0.3, 0.4) is 0 Å². The molecule has 0 fully saturated rings. The lowest BCUT2D eigenvalue weighted by molar-refractivity contribution is -0.385. The molecular formula is C21H21N3O5. The van der Waals surface area contributed by atoms with E-state index in [1.54, 1.807) is 12.1 Å². The summed E-state index contributed by atoms with van der Waals surface area (Å²) in [7, 11) is 1.52. The fourth-order valence-corrected chi connectivity index (χ4v) is 2.69. The lowest BCUT2D eigenvalue weighted by Crippen LogP contribution is -2.00. The van der Waals surface area contributed by atoms with Gasteiger partial charge in [-0.3, -0.25) is 19.6 Å². The normalized spacial score (nSPS) is 11.3. The summed E-state index contributed by atoms with van der Waals surface area (Å²) in [5.41, 5.74) is 0.688. The number of aromatic nitrogens is 2. The van der Waals surface area contributed by atoms with Gasteiger partial charge in [-0.05, 0) is 47.9 Å². The van der Waals surface area contributed by atoms with Crippen LogP contribution in [0.25, 0.3) is 6.08 Å². The number of carbonyl (C=O) groups excluding carboxylic acids is 1. The molecule has 8 heteroatoms. The number of benzene rings is 1. The van der Waals surface area contributed by atoms with E-state index in [-0.39, 0.29) is 18.0 Å². The van der Waals surface area contributed by atoms with Gasteiger partial charge in [-0.25, -0.2) is 0 Å². The van der Waals surface area contributed by atoms with Crippen LogP contribution in [-0.4, -0.2) is 20.5 Å². The van der Waals surface area contributed by atoms with Crippen molar-refractivity contribution in [2.75, 3.05) is 0 Å². The van der Waals surface area contributed by atoms with Gasteiger partial charge in [0, 0.05) is 7.05 Å². The number of nitrogens with zero attached hydrogens (tertiary/aromatic N) is 3. The minimum Gasteiger partial charge on any atom is -0.486 e. The van der Waals surface area contributed by atoms with Crippen molar-refractivity contribution in [2.45, 2.75) is 26.4 Å². The number of nitro groups is 1. The summed E-state index contributed by atoms with van der Waals surface area (Å²) in [5, 5.41) is 14.9. The van der Waals surface area contributed by atoms with Gasteiger partial charge in [0.05, 0.1) is 4.92 Å². The Balaban J connectivity index is 1.61. The molecule has 3 aromatic rings. The molecule has 0 amide bonds. The van der Waals surface area contributed by atoms with Crippen LogP contribution in [0.2, 0.25) is 0 Å². The number of ether oxygens (including phenoxy) is 1. The van der Waals surface area contributed by atoms with E-state index in [0.717, 1.165) is 5.75 Å². The highest BCUT2D eigenvalue weighted by atomic mass is 16.6. The molecule has 0 aliphatic carbocycles. The fraction of sp³-hybridized carbons (Fsp3) is 0.238. The number of aryl methyl sites for hydroxylation is 1. The second-order valence-electron chi connectivity index (χ2n) is 6.81. The number of carbonyl (C=O) groups is 1. The Hall–Kier alpha value is -3.68. The van der Waals surface area contributed by atoms with Crippen molar-refractivity contribution in [2.24, 2.45) is 7.05 Å². The average molecular weight is 395 g/mol. The Morgan fingerprint density at radius 2 is 2.00 bits per heavy atom. The summed E-state index contributed by atoms with van der Waals surface area (Å²) in [6.07, 6.45) is 3.84. The molecule has 150 valence electrons. The Bertz CT molecular complexity index is 1040. The maximum atomic E-state index is 12.2. The van der Waals surface area contributed by atoms with Crippen molar-refractivity contribution < 1.29 is 18.9 Å². The molecule has 0 N–H and O–H groups in total. The minimum absolute atomic E-state index is 0.214. The highest BCUT2D eigenvalue weighted by molar-refractivity contribution is 6.07. The molecule has 0 saturated carbocycles. The van der Waals surface area contributed by atoms with E-state index in [1.165, 1.54) is 35.6 Å². The summed E-state index contributed by atoms with van der Waals surface area (Å²) in [5.74, 6) is 1.65. The Morgan fingerprint density at radius 1 is 1.28 bits per heavy atom. The lowest BCUT2D eigenvalue weighted by Gasteiger charge is -2.07. The second kappa shape index (κ2) is 8.55. The van der Waals surface area contributed by atoms with Gasteiger partial charge < -0.3 is 9.15 Å². The largest absolute Gasteiger partial charge is 0.486 e. The molecular weight excluding hydrogens is 374 g/mol. The smallest absolute Gasteiger partial charge is 0.318 e. The number of ketones is 1. The summed E-state index contributed by atoms with van der Waals surface area (Å²) < 4.78 is 12.6. The third-order valence-corrected chi connectivity index (χ3v) is 4.25. The van der Waals surface area contributed by atoms with Gasteiger partial charge in [-0.1, -0.05) is 26.0 Å². The van der Waals surface area contributed by atoms with Gasteiger partial charge >= 0.3 is 5.69 Å². The summed E-state index contributed by atoms with van der Waals surface area (Å²) >= 11 is 0. The van der Waals surface area contributed by atoms with Crippen LogP contribution in [0, 0.1) is 10.1 Å². The highest BCUT2D eigenvalue weighted by Gasteiger charge is 2.23. The first-order valence-electron chi connectivity index (χ1n) is 9.05. The first-order chi connectivity index (χ1) is 13.8. The molecule has 29 heavy (non-hydrogen) atoms. The zero-order valence-corrected chi connectivity index (χ0v) is 16.4. The first kappa shape index (κ1) is 20.1. The molecule has 3 rings (SSSR count). The van der Waals surface area contributed by atoms with Crippen molar-refractivity contribution in [1.29, 1.82) is 0 Å². The van der Waals surface area contributed by atoms with E-state index in [2.05, 4.69) is 18.9 Å². The van der Waals surface area contributed by atoms with Crippen molar-refractivity contribution >= 4 is 17.5 Å². The molecule has 0 spiro atoms. The Morgan fingerprint density at radius 3 is 2.66 bits per heavy atom. The van der Waals surface area contributed by atoms with E-state index in [1.807, 2.05) is 24.3 Å². The summed E-state index contributed by atoms with van der Waals surface area (Å²) in [6, 6.07) is 11.3. The quantitative estimate of drug-likeness (QED) is 0.241. The molecule has 0 saturated heterocycles. The van der Waals surface area contributed by atoms with Gasteiger partial charge in [0.2, 0.25) is 11.5 Å². The Kier molecular flexibility index (Phi) is 5.92. The molecule has 2 aromatic heterocycles. The van der Waals surface area contributed by atoms with E-state index in [9.17, 15) is 14.9 Å². The predicted octanol–water partition coefficient (Wildman–Crippen LogP) is 4.52. The fourth-order valence-electron chi connectivity index (χ4n) is 2.69. The number of allylic oxidation sites excluding steroid dienone is 1. The molecule has 0 unspecified atom stereocenters. The van der Waals surface area contributed by atoms with Gasteiger partial charge in [0.1, 0.15) is 30.1 Å². The molecule has 0 aliphatic rings. The van der Waals surface area contributed by atoms with Crippen molar-refractivity contribution in [1.82, 2.24) is 9.78 Å². The van der Waals surface area contributed by atoms with Crippen LogP contribution >= 0.6 is 0 Å². The van der Waals surface area contributed by atoms with Crippen molar-refractivity contribution in [3.05, 3.63) is 81.6 Å². The van der Waals surface area contributed by atoms with E-state index < -0.39 is 10.7 Å². The number of hydrogen-bond donors (Lipinski definition) is 0. The lowest BCUT2D eigenvalue weighted by atomic mass is 10.0. The maximum absolute atomic E-state index is 12.2. The molecule has 0 aliphatic heterocycles. The summed E-state index contributed by atoms with van der Waals surface area (Å²) in [4.78, 5) is 22.6. The van der Waals surface area contributed by atoms with Crippen molar-refractivity contribution in [3.63, 3.8) is 0 Å². The predicted molar refractivity (Wildman–Crippen MR) is 107 cm³/mol. The zero-order valence-electron chi connectivity index (χ0n) is 16.4. The van der Waals surface area contributed by atoms with Crippen LogP contribution in [0.4, 0.5) is 5.69 Å². The second-order valence-corrected chi connectivity index (χ2v) is 6.81.